The van der Waals surface area contributed by atoms with Gasteiger partial charge in [-0.3, -0.25) is 4.79 Å². The molecule has 3 aromatic rings. The van der Waals surface area contributed by atoms with Crippen LogP contribution < -0.4 is 5.56 Å². The third kappa shape index (κ3) is 2.97. The standard InChI is InChI=1S/C17H14F3N3O/c1-2-3-9-23-10-8-13-15(23)21-14(22-16(13)24)11-4-6-12(7-5-11)17(18,19)20/h2,4-8,10H,1,3,9H2,(H,21,22,24). The third-order valence-electron chi connectivity index (χ3n) is 3.69. The van der Waals surface area contributed by atoms with Crippen molar-refractivity contribution in [2.45, 2.75) is 19.1 Å². The van der Waals surface area contributed by atoms with E-state index in [4.69, 9.17) is 0 Å². The molecule has 1 aromatic carbocycles. The van der Waals surface area contributed by atoms with Gasteiger partial charge in [-0.05, 0) is 24.6 Å². The number of H-pyrrole nitrogens is 1. The topological polar surface area (TPSA) is 50.7 Å². The predicted octanol–water partition coefficient (Wildman–Crippen LogP) is 3.99. The molecule has 3 rings (SSSR count). The SMILES string of the molecule is C=CCCn1ccc2c(=O)[nH]c(-c3ccc(C(F)(F)F)cc3)nc21. The highest BCUT2D eigenvalue weighted by molar-refractivity contribution is 5.77. The van der Waals surface area contributed by atoms with Crippen molar-refractivity contribution in [3.63, 3.8) is 0 Å². The molecule has 0 aliphatic heterocycles. The number of aromatic nitrogens is 3. The molecule has 0 saturated carbocycles. The van der Waals surface area contributed by atoms with E-state index in [2.05, 4.69) is 16.5 Å². The Kier molecular flexibility index (Phi) is 4.01. The summed E-state index contributed by atoms with van der Waals surface area (Å²) in [7, 11) is 0. The van der Waals surface area contributed by atoms with Crippen molar-refractivity contribution in [2.75, 3.05) is 0 Å². The van der Waals surface area contributed by atoms with E-state index in [1.165, 1.54) is 12.1 Å². The lowest BCUT2D eigenvalue weighted by Crippen LogP contribution is -2.10. The van der Waals surface area contributed by atoms with Crippen LogP contribution in [0.1, 0.15) is 12.0 Å². The van der Waals surface area contributed by atoms with Crippen molar-refractivity contribution in [3.8, 4) is 11.4 Å². The monoisotopic (exact) mass is 333 g/mol. The minimum absolute atomic E-state index is 0.236. The van der Waals surface area contributed by atoms with Crippen LogP contribution in [0.25, 0.3) is 22.4 Å². The zero-order valence-electron chi connectivity index (χ0n) is 12.6. The summed E-state index contributed by atoms with van der Waals surface area (Å²) in [5, 5.41) is 0.440. The Bertz CT molecular complexity index is 936. The smallest absolute Gasteiger partial charge is 0.332 e. The molecular weight excluding hydrogens is 319 g/mol. The Morgan fingerprint density at radius 2 is 1.92 bits per heavy atom. The quantitative estimate of drug-likeness (QED) is 0.734. The average molecular weight is 333 g/mol. The van der Waals surface area contributed by atoms with Crippen LogP contribution in [0.3, 0.4) is 0 Å². The van der Waals surface area contributed by atoms with Gasteiger partial charge in [0.2, 0.25) is 0 Å². The normalized spacial score (nSPS) is 11.8. The van der Waals surface area contributed by atoms with Crippen LogP contribution in [0.5, 0.6) is 0 Å². The Labute approximate surface area is 135 Å². The summed E-state index contributed by atoms with van der Waals surface area (Å²) in [5.41, 5.74) is -0.162. The van der Waals surface area contributed by atoms with Gasteiger partial charge in [0.05, 0.1) is 10.9 Å². The lowest BCUT2D eigenvalue weighted by atomic mass is 10.1. The second-order valence-electron chi connectivity index (χ2n) is 5.31. The summed E-state index contributed by atoms with van der Waals surface area (Å²) in [6, 6.07) is 6.20. The van der Waals surface area contributed by atoms with E-state index in [1.54, 1.807) is 18.3 Å². The van der Waals surface area contributed by atoms with Crippen molar-refractivity contribution < 1.29 is 13.2 Å². The number of benzene rings is 1. The summed E-state index contributed by atoms with van der Waals surface area (Å²) in [6.07, 6.45) is -0.167. The molecule has 2 heterocycles. The Morgan fingerprint density at radius 3 is 2.54 bits per heavy atom. The first kappa shape index (κ1) is 16.0. The maximum absolute atomic E-state index is 12.6. The van der Waals surface area contributed by atoms with Crippen LogP contribution >= 0.6 is 0 Å². The highest BCUT2D eigenvalue weighted by Gasteiger charge is 2.30. The molecule has 0 spiro atoms. The second kappa shape index (κ2) is 5.99. The van der Waals surface area contributed by atoms with Crippen molar-refractivity contribution in [2.24, 2.45) is 0 Å². The fraction of sp³-hybridized carbons (Fsp3) is 0.176. The van der Waals surface area contributed by atoms with E-state index in [9.17, 15) is 18.0 Å². The van der Waals surface area contributed by atoms with Gasteiger partial charge in [-0.2, -0.15) is 13.2 Å². The maximum atomic E-state index is 12.6. The number of aromatic amines is 1. The first-order chi connectivity index (χ1) is 11.4. The number of allylic oxidation sites excluding steroid dienone is 1. The van der Waals surface area contributed by atoms with Gasteiger partial charge in [-0.15, -0.1) is 6.58 Å². The Hall–Kier alpha value is -2.83. The first-order valence-corrected chi connectivity index (χ1v) is 7.28. The van der Waals surface area contributed by atoms with Crippen LogP contribution in [-0.4, -0.2) is 14.5 Å². The highest BCUT2D eigenvalue weighted by Crippen LogP contribution is 2.30. The number of fused-ring (bicyclic) bond motifs is 1. The van der Waals surface area contributed by atoms with E-state index in [-0.39, 0.29) is 11.4 Å². The molecule has 1 N–H and O–H groups in total. The van der Waals surface area contributed by atoms with Gasteiger partial charge in [0.15, 0.2) is 0 Å². The van der Waals surface area contributed by atoms with Gasteiger partial charge in [0.1, 0.15) is 11.5 Å². The molecule has 0 radical (unpaired) electrons. The Morgan fingerprint density at radius 1 is 1.21 bits per heavy atom. The molecule has 2 aromatic heterocycles. The lowest BCUT2D eigenvalue weighted by molar-refractivity contribution is -0.137. The van der Waals surface area contributed by atoms with Crippen LogP contribution in [0.4, 0.5) is 13.2 Å². The molecule has 124 valence electrons. The minimum Gasteiger partial charge on any atom is -0.332 e. The fourth-order valence-electron chi connectivity index (χ4n) is 2.44. The molecular formula is C17H14F3N3O. The van der Waals surface area contributed by atoms with E-state index in [0.717, 1.165) is 12.1 Å². The summed E-state index contributed by atoms with van der Waals surface area (Å²) < 4.78 is 39.7. The molecule has 0 bridgehead atoms. The molecule has 0 amide bonds. The van der Waals surface area contributed by atoms with Gasteiger partial charge >= 0.3 is 6.18 Å². The van der Waals surface area contributed by atoms with Crippen molar-refractivity contribution in [1.82, 2.24) is 14.5 Å². The predicted molar refractivity (Wildman–Crippen MR) is 85.6 cm³/mol. The fourth-order valence-corrected chi connectivity index (χ4v) is 2.44. The van der Waals surface area contributed by atoms with Gasteiger partial charge in [0, 0.05) is 18.3 Å². The number of hydrogen-bond donors (Lipinski definition) is 1. The highest BCUT2D eigenvalue weighted by atomic mass is 19.4. The Balaban J connectivity index is 2.06. The number of aryl methyl sites for hydroxylation is 1. The maximum Gasteiger partial charge on any atom is 0.416 e. The number of alkyl halides is 3. The molecule has 0 fully saturated rings. The number of halogens is 3. The molecule has 7 heteroatoms. The van der Waals surface area contributed by atoms with Crippen LogP contribution in [0.2, 0.25) is 0 Å². The zero-order valence-corrected chi connectivity index (χ0v) is 12.6. The van der Waals surface area contributed by atoms with Crippen LogP contribution in [0, 0.1) is 0 Å². The molecule has 0 atom stereocenters. The zero-order chi connectivity index (χ0) is 17.3. The molecule has 0 aliphatic carbocycles. The van der Waals surface area contributed by atoms with Crippen molar-refractivity contribution >= 4 is 11.0 Å². The van der Waals surface area contributed by atoms with Gasteiger partial charge < -0.3 is 9.55 Å². The minimum atomic E-state index is -4.40. The number of hydrogen-bond acceptors (Lipinski definition) is 2. The number of nitrogens with zero attached hydrogens (tertiary/aromatic N) is 2. The molecule has 0 unspecified atom stereocenters. The number of rotatable bonds is 4. The van der Waals surface area contributed by atoms with E-state index >= 15 is 0 Å². The lowest BCUT2D eigenvalue weighted by Gasteiger charge is -2.08. The summed E-state index contributed by atoms with van der Waals surface area (Å²) in [6.45, 7) is 4.28. The molecule has 0 aliphatic rings. The third-order valence-corrected chi connectivity index (χ3v) is 3.69. The second-order valence-corrected chi connectivity index (χ2v) is 5.31. The van der Waals surface area contributed by atoms with Crippen LogP contribution in [-0.2, 0) is 12.7 Å². The molecule has 4 nitrogen and oxygen atoms in total. The molecule has 0 saturated heterocycles. The number of nitrogens with one attached hydrogen (secondary N) is 1. The summed E-state index contributed by atoms with van der Waals surface area (Å²) in [5.74, 6) is 0.236. The molecule has 24 heavy (non-hydrogen) atoms. The van der Waals surface area contributed by atoms with E-state index in [1.807, 2.05) is 4.57 Å². The van der Waals surface area contributed by atoms with Gasteiger partial charge in [-0.25, -0.2) is 4.98 Å². The largest absolute Gasteiger partial charge is 0.416 e. The van der Waals surface area contributed by atoms with Gasteiger partial charge in [-0.1, -0.05) is 18.2 Å². The average Bonchev–Trinajstić information content (AvgIpc) is 2.96. The summed E-state index contributed by atoms with van der Waals surface area (Å²) in [4.78, 5) is 19.2. The van der Waals surface area contributed by atoms with Crippen molar-refractivity contribution in [3.05, 3.63) is 65.1 Å². The van der Waals surface area contributed by atoms with Crippen molar-refractivity contribution in [1.29, 1.82) is 0 Å². The first-order valence-electron chi connectivity index (χ1n) is 7.28. The van der Waals surface area contributed by atoms with Crippen LogP contribution in [0.15, 0.2) is 54.0 Å². The van der Waals surface area contributed by atoms with E-state index in [0.29, 0.717) is 29.6 Å². The van der Waals surface area contributed by atoms with Gasteiger partial charge in [0.25, 0.3) is 5.56 Å². The summed E-state index contributed by atoms with van der Waals surface area (Å²) >= 11 is 0. The van der Waals surface area contributed by atoms with E-state index < -0.39 is 11.7 Å².